The molecule has 0 atom stereocenters. The van der Waals surface area contributed by atoms with E-state index in [9.17, 15) is 4.79 Å². The Hall–Kier alpha value is -1.57. The van der Waals surface area contributed by atoms with E-state index in [0.717, 1.165) is 16.8 Å². The molecular formula is C12H15NO. The van der Waals surface area contributed by atoms with Crippen LogP contribution in [0.3, 0.4) is 0 Å². The number of rotatable bonds is 3. The van der Waals surface area contributed by atoms with Crippen molar-refractivity contribution in [1.82, 2.24) is 0 Å². The Balaban J connectivity index is 2.95. The molecule has 2 heteroatoms. The van der Waals surface area contributed by atoms with E-state index in [1.54, 1.807) is 0 Å². The Morgan fingerprint density at radius 3 is 2.64 bits per heavy atom. The maximum atomic E-state index is 11.2. The second kappa shape index (κ2) is 4.61. The molecule has 0 aliphatic heterocycles. The number of hydrogen-bond acceptors (Lipinski definition) is 1. The van der Waals surface area contributed by atoms with Crippen molar-refractivity contribution in [1.29, 1.82) is 0 Å². The molecule has 0 saturated heterocycles. The van der Waals surface area contributed by atoms with Crippen LogP contribution in [-0.2, 0) is 4.79 Å². The average Bonchev–Trinajstić information content (AvgIpc) is 2.18. The molecule has 0 heterocycles. The van der Waals surface area contributed by atoms with Gasteiger partial charge in [-0.05, 0) is 18.6 Å². The van der Waals surface area contributed by atoms with Gasteiger partial charge in [-0.2, -0.15) is 0 Å². The molecule has 0 unspecified atom stereocenters. The van der Waals surface area contributed by atoms with Gasteiger partial charge in [-0.1, -0.05) is 31.7 Å². The van der Waals surface area contributed by atoms with Crippen molar-refractivity contribution in [2.75, 3.05) is 5.32 Å². The summed E-state index contributed by atoms with van der Waals surface area (Å²) in [6, 6.07) is 7.68. The van der Waals surface area contributed by atoms with Gasteiger partial charge in [0.2, 0.25) is 5.91 Å². The predicted molar refractivity (Wildman–Crippen MR) is 60.1 cm³/mol. The summed E-state index contributed by atoms with van der Waals surface area (Å²) < 4.78 is 0. The maximum absolute atomic E-state index is 11.2. The Morgan fingerprint density at radius 2 is 2.07 bits per heavy atom. The van der Waals surface area contributed by atoms with Crippen LogP contribution >= 0.6 is 0 Å². The van der Waals surface area contributed by atoms with Gasteiger partial charge < -0.3 is 5.32 Å². The highest BCUT2D eigenvalue weighted by atomic mass is 16.1. The second-order valence-corrected chi connectivity index (χ2v) is 3.23. The zero-order valence-electron chi connectivity index (χ0n) is 8.63. The minimum Gasteiger partial charge on any atom is -0.326 e. The summed E-state index contributed by atoms with van der Waals surface area (Å²) >= 11 is 0. The number of amides is 1. The Bertz CT molecular complexity index is 355. The summed E-state index contributed by atoms with van der Waals surface area (Å²) in [5.41, 5.74) is 2.79. The molecule has 1 aromatic carbocycles. The normalized spacial score (nSPS) is 9.57. The van der Waals surface area contributed by atoms with Crippen LogP contribution in [0.25, 0.3) is 5.57 Å². The topological polar surface area (TPSA) is 29.1 Å². The molecule has 0 aliphatic carbocycles. The molecule has 0 radical (unpaired) electrons. The summed E-state index contributed by atoms with van der Waals surface area (Å²) in [5.74, 6) is 0.0266. The highest BCUT2D eigenvalue weighted by Crippen LogP contribution is 2.21. The largest absolute Gasteiger partial charge is 0.326 e. The lowest BCUT2D eigenvalue weighted by molar-refractivity contribution is -0.115. The summed E-state index contributed by atoms with van der Waals surface area (Å²) in [6.07, 6.45) is 0.491. The van der Waals surface area contributed by atoms with Crippen LogP contribution in [0.15, 0.2) is 30.8 Å². The minimum atomic E-state index is 0.0266. The van der Waals surface area contributed by atoms with E-state index in [1.807, 2.05) is 38.1 Å². The van der Waals surface area contributed by atoms with Gasteiger partial charge >= 0.3 is 0 Å². The van der Waals surface area contributed by atoms with Gasteiger partial charge in [-0.3, -0.25) is 4.79 Å². The third-order valence-electron chi connectivity index (χ3n) is 1.98. The van der Waals surface area contributed by atoms with Crippen LogP contribution in [0.5, 0.6) is 0 Å². The Kier molecular flexibility index (Phi) is 3.46. The highest BCUT2D eigenvalue weighted by molar-refractivity contribution is 5.93. The fraction of sp³-hybridized carbons (Fsp3) is 0.250. The quantitative estimate of drug-likeness (QED) is 0.777. The Morgan fingerprint density at radius 1 is 1.43 bits per heavy atom. The number of hydrogen-bond donors (Lipinski definition) is 1. The van der Waals surface area contributed by atoms with Crippen molar-refractivity contribution in [3.05, 3.63) is 36.4 Å². The molecule has 1 rings (SSSR count). The van der Waals surface area contributed by atoms with Crippen LogP contribution in [0, 0.1) is 0 Å². The second-order valence-electron chi connectivity index (χ2n) is 3.23. The van der Waals surface area contributed by atoms with Crippen LogP contribution in [0.2, 0.25) is 0 Å². The van der Waals surface area contributed by atoms with Crippen molar-refractivity contribution in [2.45, 2.75) is 20.3 Å². The summed E-state index contributed by atoms with van der Waals surface area (Å²) in [7, 11) is 0. The molecule has 2 nitrogen and oxygen atoms in total. The van der Waals surface area contributed by atoms with E-state index >= 15 is 0 Å². The summed E-state index contributed by atoms with van der Waals surface area (Å²) in [4.78, 5) is 11.2. The molecule has 74 valence electrons. The number of anilines is 1. The first-order chi connectivity index (χ1) is 6.65. The van der Waals surface area contributed by atoms with Crippen molar-refractivity contribution >= 4 is 17.2 Å². The van der Waals surface area contributed by atoms with Gasteiger partial charge in [-0.25, -0.2) is 0 Å². The SMILES string of the molecule is C=C(C)c1ccccc1NC(=O)CC. The standard InChI is InChI=1S/C12H15NO/c1-4-12(14)13-11-8-6-5-7-10(11)9(2)3/h5-8H,2,4H2,1,3H3,(H,13,14). The molecule has 0 fully saturated rings. The first-order valence-corrected chi connectivity index (χ1v) is 4.70. The van der Waals surface area contributed by atoms with E-state index in [-0.39, 0.29) is 5.91 Å². The molecule has 0 aromatic heterocycles. The Labute approximate surface area is 84.6 Å². The molecule has 14 heavy (non-hydrogen) atoms. The highest BCUT2D eigenvalue weighted by Gasteiger charge is 2.04. The van der Waals surface area contributed by atoms with E-state index in [1.165, 1.54) is 0 Å². The molecule has 0 bridgehead atoms. The number of carbonyl (C=O) groups is 1. The van der Waals surface area contributed by atoms with Gasteiger partial charge in [0, 0.05) is 17.7 Å². The van der Waals surface area contributed by atoms with Gasteiger partial charge in [0.1, 0.15) is 0 Å². The minimum absolute atomic E-state index is 0.0266. The van der Waals surface area contributed by atoms with Gasteiger partial charge in [0.25, 0.3) is 0 Å². The third kappa shape index (κ3) is 2.46. The van der Waals surface area contributed by atoms with Crippen LogP contribution in [0.4, 0.5) is 5.69 Å². The van der Waals surface area contributed by atoms with E-state index in [0.29, 0.717) is 6.42 Å². The number of para-hydroxylation sites is 1. The van der Waals surface area contributed by atoms with Crippen molar-refractivity contribution < 1.29 is 4.79 Å². The smallest absolute Gasteiger partial charge is 0.224 e. The molecule has 1 aromatic rings. The van der Waals surface area contributed by atoms with Gasteiger partial charge in [-0.15, -0.1) is 0 Å². The fourth-order valence-electron chi connectivity index (χ4n) is 1.20. The van der Waals surface area contributed by atoms with E-state index < -0.39 is 0 Å². The average molecular weight is 189 g/mol. The van der Waals surface area contributed by atoms with Crippen LogP contribution < -0.4 is 5.32 Å². The van der Waals surface area contributed by atoms with Crippen molar-refractivity contribution in [3.8, 4) is 0 Å². The fourth-order valence-corrected chi connectivity index (χ4v) is 1.20. The van der Waals surface area contributed by atoms with E-state index in [2.05, 4.69) is 11.9 Å². The third-order valence-corrected chi connectivity index (χ3v) is 1.98. The molecular weight excluding hydrogens is 174 g/mol. The lowest BCUT2D eigenvalue weighted by atomic mass is 10.1. The monoisotopic (exact) mass is 189 g/mol. The zero-order chi connectivity index (χ0) is 10.6. The summed E-state index contributed by atoms with van der Waals surface area (Å²) in [6.45, 7) is 7.63. The van der Waals surface area contributed by atoms with Gasteiger partial charge in [0.15, 0.2) is 0 Å². The molecule has 1 amide bonds. The molecule has 0 spiro atoms. The molecule has 0 aliphatic rings. The van der Waals surface area contributed by atoms with Crippen LogP contribution in [-0.4, -0.2) is 5.91 Å². The maximum Gasteiger partial charge on any atom is 0.224 e. The lowest BCUT2D eigenvalue weighted by Gasteiger charge is -2.09. The predicted octanol–water partition coefficient (Wildman–Crippen LogP) is 3.07. The molecule has 0 saturated carbocycles. The van der Waals surface area contributed by atoms with Gasteiger partial charge in [0.05, 0.1) is 0 Å². The van der Waals surface area contributed by atoms with E-state index in [4.69, 9.17) is 0 Å². The lowest BCUT2D eigenvalue weighted by Crippen LogP contribution is -2.10. The van der Waals surface area contributed by atoms with Crippen LogP contribution in [0.1, 0.15) is 25.8 Å². The zero-order valence-corrected chi connectivity index (χ0v) is 8.63. The first-order valence-electron chi connectivity index (χ1n) is 4.70. The first kappa shape index (κ1) is 10.5. The van der Waals surface area contributed by atoms with Crippen molar-refractivity contribution in [3.63, 3.8) is 0 Å². The van der Waals surface area contributed by atoms with Crippen molar-refractivity contribution in [2.24, 2.45) is 0 Å². The molecule has 1 N–H and O–H groups in total. The number of carbonyl (C=O) groups excluding carboxylic acids is 1. The number of benzene rings is 1. The number of nitrogens with one attached hydrogen (secondary N) is 1. The number of allylic oxidation sites excluding steroid dienone is 1. The summed E-state index contributed by atoms with van der Waals surface area (Å²) in [5, 5.41) is 2.84.